The number of rotatable bonds is 6. The van der Waals surface area contributed by atoms with E-state index in [1.807, 2.05) is 47.2 Å². The third kappa shape index (κ3) is 3.56. The van der Waals surface area contributed by atoms with Crippen molar-refractivity contribution in [3.63, 3.8) is 0 Å². The number of benzene rings is 3. The van der Waals surface area contributed by atoms with Crippen LogP contribution in [0.15, 0.2) is 48.5 Å². The van der Waals surface area contributed by atoms with Crippen molar-refractivity contribution < 1.29 is 23.8 Å². The number of carbonyl (C=O) groups is 1. The summed E-state index contributed by atoms with van der Waals surface area (Å²) in [6, 6.07) is 14.6. The zero-order chi connectivity index (χ0) is 24.0. The van der Waals surface area contributed by atoms with Crippen molar-refractivity contribution in [3.05, 3.63) is 59.9 Å². The maximum Gasteiger partial charge on any atom is 0.511 e. The van der Waals surface area contributed by atoms with Gasteiger partial charge in [0, 0.05) is 48.1 Å². The minimum absolute atomic E-state index is 0.204. The van der Waals surface area contributed by atoms with Gasteiger partial charge >= 0.3 is 6.16 Å². The molecule has 174 valence electrons. The minimum atomic E-state index is -1.38. The molecule has 5 rings (SSSR count). The molecule has 0 radical (unpaired) electrons. The van der Waals surface area contributed by atoms with E-state index < -0.39 is 6.16 Å². The zero-order valence-corrected chi connectivity index (χ0v) is 19.1. The second-order valence-electron chi connectivity index (χ2n) is 8.22. The molecule has 0 saturated carbocycles. The summed E-state index contributed by atoms with van der Waals surface area (Å²) >= 11 is 0. The quantitative estimate of drug-likeness (QED) is 0.249. The molecule has 0 fully saturated rings. The molecule has 0 aliphatic rings. The van der Waals surface area contributed by atoms with E-state index in [1.165, 1.54) is 0 Å². The fourth-order valence-corrected chi connectivity index (χ4v) is 4.69. The molecule has 2 heterocycles. The Morgan fingerprint density at radius 2 is 1.85 bits per heavy atom. The lowest BCUT2D eigenvalue weighted by molar-refractivity contribution is 0.144. The summed E-state index contributed by atoms with van der Waals surface area (Å²) in [5.41, 5.74) is 4.75. The van der Waals surface area contributed by atoms with Gasteiger partial charge < -0.3 is 23.7 Å². The first-order valence-corrected chi connectivity index (χ1v) is 11.0. The van der Waals surface area contributed by atoms with Crippen LogP contribution in [-0.4, -0.2) is 39.1 Å². The molecule has 1 N–H and O–H groups in total. The minimum Gasteiger partial charge on any atom is -0.449 e. The van der Waals surface area contributed by atoms with Crippen LogP contribution >= 0.6 is 0 Å². The van der Waals surface area contributed by atoms with Gasteiger partial charge in [-0.1, -0.05) is 0 Å². The van der Waals surface area contributed by atoms with Crippen LogP contribution in [0.3, 0.4) is 0 Å². The van der Waals surface area contributed by atoms with Crippen LogP contribution in [0.5, 0.6) is 5.75 Å². The molecule has 0 amide bonds. The van der Waals surface area contributed by atoms with Gasteiger partial charge in [-0.15, -0.1) is 0 Å². The van der Waals surface area contributed by atoms with Crippen LogP contribution in [-0.2, 0) is 17.8 Å². The molecule has 8 heteroatoms. The number of methoxy groups -OCH3 is 1. The number of carboxylic acid groups (broad SMARTS) is 1. The fourth-order valence-electron chi connectivity index (χ4n) is 4.69. The number of fused-ring (bicyclic) bond motifs is 4. The van der Waals surface area contributed by atoms with E-state index in [4.69, 9.17) is 19.6 Å². The molecule has 7 nitrogen and oxygen atoms in total. The Hall–Kier alpha value is -3.91. The molecular formula is C26H24FN3O4. The first kappa shape index (κ1) is 21.9. The number of aromatic nitrogens is 3. The lowest BCUT2D eigenvalue weighted by Gasteiger charge is -2.10. The third-order valence-electron chi connectivity index (χ3n) is 6.07. The summed E-state index contributed by atoms with van der Waals surface area (Å²) in [4.78, 5) is 15.8. The predicted octanol–water partition coefficient (Wildman–Crippen LogP) is 5.98. The Bertz CT molecular complexity index is 1570. The molecule has 0 bridgehead atoms. The standard InChI is InChI=1S/C26H24FN3O4/c1-4-29-22-7-5-16(13-18(22)19-11-15(2)12-20(27)24(19)29)25-28-21-14-17(34-26(31)32)6-8-23(21)30(25)9-10-33-3/h5-8,11-14H,4,9-10H2,1-3H3,(H,31,32). The van der Waals surface area contributed by atoms with Crippen molar-refractivity contribution in [2.24, 2.45) is 0 Å². The molecule has 0 aliphatic carbocycles. The molecule has 5 aromatic rings. The average Bonchev–Trinajstić information content (AvgIpc) is 3.32. The highest BCUT2D eigenvalue weighted by molar-refractivity contribution is 6.09. The number of imidazole rings is 1. The van der Waals surface area contributed by atoms with Gasteiger partial charge in [0.15, 0.2) is 0 Å². The Kier molecular flexibility index (Phi) is 5.45. The predicted molar refractivity (Wildman–Crippen MR) is 129 cm³/mol. The molecule has 0 atom stereocenters. The van der Waals surface area contributed by atoms with Gasteiger partial charge in [0.1, 0.15) is 17.4 Å². The van der Waals surface area contributed by atoms with Gasteiger partial charge in [0.25, 0.3) is 0 Å². The van der Waals surface area contributed by atoms with Gasteiger partial charge in [-0.3, -0.25) is 0 Å². The summed E-state index contributed by atoms with van der Waals surface area (Å²) < 4.78 is 29.1. The Morgan fingerprint density at radius 3 is 2.59 bits per heavy atom. The van der Waals surface area contributed by atoms with Crippen LogP contribution in [0.1, 0.15) is 12.5 Å². The zero-order valence-electron chi connectivity index (χ0n) is 19.1. The Labute approximate surface area is 194 Å². The maximum absolute atomic E-state index is 14.9. The second kappa shape index (κ2) is 8.46. The van der Waals surface area contributed by atoms with Crippen molar-refractivity contribution >= 4 is 39.0 Å². The molecular weight excluding hydrogens is 437 g/mol. The Balaban J connectivity index is 1.75. The van der Waals surface area contributed by atoms with E-state index in [-0.39, 0.29) is 11.6 Å². The molecule has 0 saturated heterocycles. The van der Waals surface area contributed by atoms with Gasteiger partial charge in [0.05, 0.1) is 23.2 Å². The molecule has 34 heavy (non-hydrogen) atoms. The van der Waals surface area contributed by atoms with Crippen molar-refractivity contribution in [2.45, 2.75) is 26.9 Å². The topological polar surface area (TPSA) is 78.5 Å². The number of halogens is 1. The van der Waals surface area contributed by atoms with E-state index in [9.17, 15) is 9.18 Å². The second-order valence-corrected chi connectivity index (χ2v) is 8.22. The fraction of sp³-hybridized carbons (Fsp3) is 0.231. The number of hydrogen-bond donors (Lipinski definition) is 1. The lowest BCUT2D eigenvalue weighted by Crippen LogP contribution is -2.06. The van der Waals surface area contributed by atoms with E-state index >= 15 is 0 Å². The largest absolute Gasteiger partial charge is 0.511 e. The van der Waals surface area contributed by atoms with E-state index in [1.54, 1.807) is 31.4 Å². The highest BCUT2D eigenvalue weighted by atomic mass is 19.1. The van der Waals surface area contributed by atoms with Crippen LogP contribution in [0, 0.1) is 12.7 Å². The van der Waals surface area contributed by atoms with Crippen molar-refractivity contribution in [1.82, 2.24) is 14.1 Å². The van der Waals surface area contributed by atoms with Crippen molar-refractivity contribution in [3.8, 4) is 17.1 Å². The Morgan fingerprint density at radius 1 is 1.06 bits per heavy atom. The number of hydrogen-bond acceptors (Lipinski definition) is 4. The van der Waals surface area contributed by atoms with Gasteiger partial charge in [-0.2, -0.15) is 0 Å². The average molecular weight is 461 g/mol. The number of ether oxygens (including phenoxy) is 2. The smallest absolute Gasteiger partial charge is 0.449 e. The highest BCUT2D eigenvalue weighted by Crippen LogP contribution is 2.35. The first-order chi connectivity index (χ1) is 16.4. The van der Waals surface area contributed by atoms with Gasteiger partial charge in [0.2, 0.25) is 0 Å². The van der Waals surface area contributed by atoms with Crippen LogP contribution < -0.4 is 4.74 Å². The van der Waals surface area contributed by atoms with Crippen LogP contribution in [0.25, 0.3) is 44.2 Å². The summed E-state index contributed by atoms with van der Waals surface area (Å²) in [5, 5.41) is 10.8. The highest BCUT2D eigenvalue weighted by Gasteiger charge is 2.18. The first-order valence-electron chi connectivity index (χ1n) is 11.0. The maximum atomic E-state index is 14.9. The molecule has 0 aliphatic heterocycles. The normalized spacial score (nSPS) is 11.6. The van der Waals surface area contributed by atoms with Gasteiger partial charge in [-0.25, -0.2) is 14.2 Å². The van der Waals surface area contributed by atoms with Crippen LogP contribution in [0.2, 0.25) is 0 Å². The van der Waals surface area contributed by atoms with Crippen molar-refractivity contribution in [2.75, 3.05) is 13.7 Å². The monoisotopic (exact) mass is 461 g/mol. The van der Waals surface area contributed by atoms with E-state index in [0.29, 0.717) is 36.6 Å². The summed E-state index contributed by atoms with van der Waals surface area (Å²) in [6.07, 6.45) is -1.38. The lowest BCUT2D eigenvalue weighted by atomic mass is 10.1. The SMILES string of the molecule is CCn1c2ccc(-c3nc4cc(OC(=O)O)ccc4n3CCOC)cc2c2cc(C)cc(F)c21. The van der Waals surface area contributed by atoms with Crippen LogP contribution in [0.4, 0.5) is 9.18 Å². The molecule has 2 aromatic heterocycles. The molecule has 0 unspecified atom stereocenters. The third-order valence-corrected chi connectivity index (χ3v) is 6.07. The number of aryl methyl sites for hydroxylation is 2. The summed E-state index contributed by atoms with van der Waals surface area (Å²) in [6.45, 7) is 5.59. The summed E-state index contributed by atoms with van der Waals surface area (Å²) in [7, 11) is 1.64. The van der Waals surface area contributed by atoms with Gasteiger partial charge in [-0.05, 0) is 61.9 Å². The molecule has 0 spiro atoms. The summed E-state index contributed by atoms with van der Waals surface area (Å²) in [5.74, 6) is 0.690. The van der Waals surface area contributed by atoms with E-state index in [0.717, 1.165) is 32.9 Å². The molecule has 3 aromatic carbocycles. The van der Waals surface area contributed by atoms with Crippen molar-refractivity contribution in [1.29, 1.82) is 0 Å². The van der Waals surface area contributed by atoms with E-state index in [2.05, 4.69) is 0 Å². The number of nitrogens with zero attached hydrogens (tertiary/aromatic N) is 3.